The average molecular weight is 591 g/mol. The van der Waals surface area contributed by atoms with Gasteiger partial charge in [-0.25, -0.2) is 0 Å². The second-order valence-corrected chi connectivity index (χ2v) is 12.6. The summed E-state index contributed by atoms with van der Waals surface area (Å²) in [7, 11) is 0. The number of carbonyl (C=O) groups excluding carboxylic acids is 3. The number of amides is 3. The molecule has 0 saturated carbocycles. The number of nitrogens with zero attached hydrogens (tertiary/aromatic N) is 2. The Morgan fingerprint density at radius 1 is 1.05 bits per heavy atom. The Balaban J connectivity index is 1.49. The lowest BCUT2D eigenvalue weighted by Crippen LogP contribution is -2.59. The third kappa shape index (κ3) is 7.68. The van der Waals surface area contributed by atoms with E-state index in [0.29, 0.717) is 5.75 Å². The van der Waals surface area contributed by atoms with Crippen LogP contribution in [0, 0.1) is 13.8 Å². The number of rotatable bonds is 11. The lowest BCUT2D eigenvalue weighted by molar-refractivity contribution is -0.148. The zero-order chi connectivity index (χ0) is 30.3. The summed E-state index contributed by atoms with van der Waals surface area (Å²) in [5.74, 6) is -0.547. The van der Waals surface area contributed by atoms with Crippen LogP contribution >= 0.6 is 11.8 Å². The van der Waals surface area contributed by atoms with Gasteiger partial charge in [-0.15, -0.1) is 11.8 Å². The van der Waals surface area contributed by atoms with Gasteiger partial charge in [-0.1, -0.05) is 54.6 Å². The lowest BCUT2D eigenvalue weighted by atomic mass is 9.97. The first-order valence-electron chi connectivity index (χ1n) is 13.9. The number of nitrogens with one attached hydrogen (secondary N) is 2. The maximum absolute atomic E-state index is 13.8. The van der Waals surface area contributed by atoms with Crippen LogP contribution in [-0.4, -0.2) is 68.1 Å². The first-order valence-corrected chi connectivity index (χ1v) is 14.9. The molecule has 0 unspecified atom stereocenters. The van der Waals surface area contributed by atoms with E-state index in [2.05, 4.69) is 15.6 Å². The lowest BCUT2D eigenvalue weighted by Gasteiger charge is -2.33. The summed E-state index contributed by atoms with van der Waals surface area (Å²) >= 11 is 1.46. The van der Waals surface area contributed by atoms with Gasteiger partial charge in [0, 0.05) is 23.7 Å². The van der Waals surface area contributed by atoms with Crippen LogP contribution in [-0.2, 0) is 27.3 Å². The van der Waals surface area contributed by atoms with Crippen molar-refractivity contribution in [3.63, 3.8) is 0 Å². The Morgan fingerprint density at radius 2 is 1.74 bits per heavy atom. The van der Waals surface area contributed by atoms with Crippen LogP contribution in [0.4, 0.5) is 0 Å². The van der Waals surface area contributed by atoms with Gasteiger partial charge in [0.1, 0.15) is 11.8 Å². The maximum atomic E-state index is 13.8. The molecule has 1 fully saturated rings. The van der Waals surface area contributed by atoms with Crippen LogP contribution in [0.25, 0.3) is 0 Å². The van der Waals surface area contributed by atoms with E-state index in [0.717, 1.165) is 22.3 Å². The van der Waals surface area contributed by atoms with Gasteiger partial charge < -0.3 is 25.4 Å². The van der Waals surface area contributed by atoms with E-state index in [1.807, 2.05) is 82.3 Å². The summed E-state index contributed by atoms with van der Waals surface area (Å²) in [5.41, 5.74) is 3.48. The molecule has 0 bridgehead atoms. The van der Waals surface area contributed by atoms with Crippen molar-refractivity contribution in [2.45, 2.75) is 63.6 Å². The number of ether oxygens (including phenoxy) is 1. The molecule has 3 N–H and O–H groups in total. The number of hydrogen-bond acceptors (Lipinski definition) is 7. The van der Waals surface area contributed by atoms with Gasteiger partial charge in [-0.2, -0.15) is 0 Å². The van der Waals surface area contributed by atoms with Gasteiger partial charge in [0.05, 0.1) is 11.9 Å². The van der Waals surface area contributed by atoms with Gasteiger partial charge in [0.2, 0.25) is 5.91 Å². The minimum Gasteiger partial charge on any atom is -0.483 e. The van der Waals surface area contributed by atoms with Crippen molar-refractivity contribution in [2.24, 2.45) is 0 Å². The average Bonchev–Trinajstić information content (AvgIpc) is 3.30. The summed E-state index contributed by atoms with van der Waals surface area (Å²) in [6.07, 6.45) is 1.95. The second kappa shape index (κ2) is 13.8. The monoisotopic (exact) mass is 590 g/mol. The molecule has 3 atom stereocenters. The van der Waals surface area contributed by atoms with Crippen molar-refractivity contribution < 1.29 is 24.2 Å². The molecule has 0 radical (unpaired) electrons. The first kappa shape index (κ1) is 31.1. The number of aliphatic hydroxyl groups is 1. The Hall–Kier alpha value is -3.89. The fraction of sp³-hybridized carbons (Fsp3) is 0.375. The van der Waals surface area contributed by atoms with Gasteiger partial charge in [0.25, 0.3) is 11.8 Å². The zero-order valence-corrected chi connectivity index (χ0v) is 25.2. The molecule has 42 heavy (non-hydrogen) atoms. The molecule has 3 aromatic rings. The van der Waals surface area contributed by atoms with E-state index in [1.54, 1.807) is 18.5 Å². The van der Waals surface area contributed by atoms with Gasteiger partial charge in [-0.3, -0.25) is 19.4 Å². The summed E-state index contributed by atoms with van der Waals surface area (Å²) in [4.78, 5) is 45.7. The molecule has 0 aliphatic carbocycles. The molecule has 10 heteroatoms. The summed E-state index contributed by atoms with van der Waals surface area (Å²) in [6, 6.07) is 16.9. The Kier molecular flexibility index (Phi) is 10.2. The molecule has 1 aromatic heterocycles. The number of hydrogen-bond donors (Lipinski definition) is 3. The van der Waals surface area contributed by atoms with E-state index in [9.17, 15) is 19.5 Å². The number of pyridine rings is 1. The number of para-hydroxylation sites is 1. The molecule has 1 saturated heterocycles. The van der Waals surface area contributed by atoms with E-state index in [1.165, 1.54) is 16.7 Å². The van der Waals surface area contributed by atoms with Crippen molar-refractivity contribution >= 4 is 29.5 Å². The molecule has 4 rings (SSSR count). The molecule has 3 amide bonds. The number of aliphatic hydroxyl groups excluding tert-OH is 1. The highest BCUT2D eigenvalue weighted by atomic mass is 32.2. The third-order valence-electron chi connectivity index (χ3n) is 7.30. The SMILES string of the molecule is Cc1cccc(C)c1OCC(=O)N[C@@H](Cc1ccccc1)[C@H](O)C(=O)N1CSC(C)(C)[C@H]1C(=O)NCc1cccnc1. The standard InChI is InChI=1S/C32H38N4O5S/c1-21-10-8-11-22(2)28(21)41-19-26(37)35-25(16-23-12-6-5-7-13-23)27(38)31(40)36-20-42-32(3,4)29(36)30(39)34-18-24-14-9-15-33-17-24/h5-15,17,25,27,29,38H,16,18-20H2,1-4H3,(H,34,39)(H,35,37)/t25-,27-,29+/m0/s1. The maximum Gasteiger partial charge on any atom is 0.258 e. The number of aryl methyl sites for hydroxylation is 2. The summed E-state index contributed by atoms with van der Waals surface area (Å²) < 4.78 is 5.22. The first-order chi connectivity index (χ1) is 20.1. The molecule has 2 heterocycles. The minimum atomic E-state index is -1.59. The summed E-state index contributed by atoms with van der Waals surface area (Å²) in [6.45, 7) is 7.60. The molecule has 222 valence electrons. The van der Waals surface area contributed by atoms with Crippen molar-refractivity contribution in [2.75, 3.05) is 12.5 Å². The normalized spacial score (nSPS) is 17.3. The van der Waals surface area contributed by atoms with Gasteiger partial charge in [-0.05, 0) is 62.4 Å². The van der Waals surface area contributed by atoms with Crippen molar-refractivity contribution in [3.05, 3.63) is 95.3 Å². The van der Waals surface area contributed by atoms with Crippen molar-refractivity contribution in [1.82, 2.24) is 20.5 Å². The Bertz CT molecular complexity index is 1370. The molecule has 1 aliphatic rings. The minimum absolute atomic E-state index is 0.213. The van der Waals surface area contributed by atoms with E-state index in [-0.39, 0.29) is 31.4 Å². The van der Waals surface area contributed by atoms with Crippen LogP contribution < -0.4 is 15.4 Å². The number of benzene rings is 2. The topological polar surface area (TPSA) is 121 Å². The van der Waals surface area contributed by atoms with Crippen LogP contribution in [0.2, 0.25) is 0 Å². The van der Waals surface area contributed by atoms with Gasteiger partial charge in [0.15, 0.2) is 12.7 Å². The highest BCUT2D eigenvalue weighted by Crippen LogP contribution is 2.40. The van der Waals surface area contributed by atoms with E-state index in [4.69, 9.17) is 4.74 Å². The van der Waals surface area contributed by atoms with E-state index < -0.39 is 34.7 Å². The van der Waals surface area contributed by atoms with Crippen LogP contribution in [0.15, 0.2) is 73.1 Å². The van der Waals surface area contributed by atoms with Crippen molar-refractivity contribution in [1.29, 1.82) is 0 Å². The largest absolute Gasteiger partial charge is 0.483 e. The van der Waals surface area contributed by atoms with Gasteiger partial charge >= 0.3 is 0 Å². The second-order valence-electron chi connectivity index (χ2n) is 11.0. The highest BCUT2D eigenvalue weighted by Gasteiger charge is 2.49. The fourth-order valence-corrected chi connectivity index (χ4v) is 6.21. The Morgan fingerprint density at radius 3 is 2.40 bits per heavy atom. The molecule has 0 spiro atoms. The molecular weight excluding hydrogens is 552 g/mol. The number of aromatic nitrogens is 1. The fourth-order valence-electron chi connectivity index (χ4n) is 5.07. The smallest absolute Gasteiger partial charge is 0.258 e. The van der Waals surface area contributed by atoms with Crippen LogP contribution in [0.1, 0.15) is 36.1 Å². The molecule has 2 aromatic carbocycles. The third-order valence-corrected chi connectivity index (χ3v) is 8.68. The quantitative estimate of drug-likeness (QED) is 0.314. The highest BCUT2D eigenvalue weighted by molar-refractivity contribution is 8.00. The van der Waals surface area contributed by atoms with Crippen molar-refractivity contribution in [3.8, 4) is 5.75 Å². The van der Waals surface area contributed by atoms with Crippen LogP contribution in [0.5, 0.6) is 5.75 Å². The number of carbonyl (C=O) groups is 3. The molecule has 1 aliphatic heterocycles. The number of thioether (sulfide) groups is 1. The predicted molar refractivity (Wildman–Crippen MR) is 163 cm³/mol. The zero-order valence-electron chi connectivity index (χ0n) is 24.4. The summed E-state index contributed by atoms with van der Waals surface area (Å²) in [5, 5.41) is 17.1. The van der Waals surface area contributed by atoms with E-state index >= 15 is 0 Å². The molecule has 9 nitrogen and oxygen atoms in total. The Labute approximate surface area is 251 Å². The van der Waals surface area contributed by atoms with Crippen LogP contribution in [0.3, 0.4) is 0 Å². The molecular formula is C32H38N4O5S. The predicted octanol–water partition coefficient (Wildman–Crippen LogP) is 3.16.